The van der Waals surface area contributed by atoms with Crippen molar-refractivity contribution in [1.29, 1.82) is 0 Å². The average Bonchev–Trinajstić information content (AvgIpc) is 2.72. The third kappa shape index (κ3) is 9.36. The number of guanidine groups is 1. The molecule has 0 saturated carbocycles. The van der Waals surface area contributed by atoms with Crippen LogP contribution in [0.5, 0.6) is 0 Å². The third-order valence-electron chi connectivity index (χ3n) is 4.17. The van der Waals surface area contributed by atoms with Crippen LogP contribution in [-0.2, 0) is 0 Å². The molecule has 0 spiro atoms. The van der Waals surface area contributed by atoms with Crippen molar-refractivity contribution in [2.24, 2.45) is 4.99 Å². The van der Waals surface area contributed by atoms with Crippen molar-refractivity contribution in [2.75, 3.05) is 38.1 Å². The molecular weight excluding hydrogens is 465 g/mol. The van der Waals surface area contributed by atoms with E-state index in [4.69, 9.17) is 0 Å². The fourth-order valence-electron chi connectivity index (χ4n) is 2.68. The molecule has 1 heterocycles. The third-order valence-corrected chi connectivity index (χ3v) is 4.17. The average molecular weight is 497 g/mol. The summed E-state index contributed by atoms with van der Waals surface area (Å²) in [5, 5.41) is 19.6. The number of pyridine rings is 1. The zero-order valence-corrected chi connectivity index (χ0v) is 18.8. The lowest BCUT2D eigenvalue weighted by atomic mass is 10.0. The molecule has 0 aliphatic carbocycles. The van der Waals surface area contributed by atoms with Gasteiger partial charge in [0.05, 0.1) is 13.2 Å². The van der Waals surface area contributed by atoms with E-state index in [2.05, 4.69) is 32.9 Å². The van der Waals surface area contributed by atoms with Crippen molar-refractivity contribution in [1.82, 2.24) is 15.6 Å². The Morgan fingerprint density at radius 1 is 1.04 bits per heavy atom. The molecule has 2 aromatic rings. The highest BCUT2D eigenvalue weighted by Gasteiger charge is 2.09. The van der Waals surface area contributed by atoms with Gasteiger partial charge in [-0.15, -0.1) is 24.0 Å². The van der Waals surface area contributed by atoms with E-state index < -0.39 is 0 Å². The summed E-state index contributed by atoms with van der Waals surface area (Å²) in [5.41, 5.74) is 1.11. The molecule has 0 aliphatic rings. The van der Waals surface area contributed by atoms with Crippen LogP contribution >= 0.6 is 24.0 Å². The number of nitrogens with zero attached hydrogens (tertiary/aromatic N) is 2. The predicted molar refractivity (Wildman–Crippen MR) is 128 cm³/mol. The first-order valence-electron chi connectivity index (χ1n) is 9.66. The summed E-state index contributed by atoms with van der Waals surface area (Å²) >= 11 is 0. The number of unbranched alkanes of at least 4 members (excludes halogenated alkanes) is 1. The van der Waals surface area contributed by atoms with Crippen molar-refractivity contribution < 1.29 is 5.11 Å². The van der Waals surface area contributed by atoms with Crippen LogP contribution in [0.25, 0.3) is 0 Å². The van der Waals surface area contributed by atoms with E-state index in [0.29, 0.717) is 6.54 Å². The second-order valence-electron chi connectivity index (χ2n) is 6.29. The smallest absolute Gasteiger partial charge is 0.191 e. The Kier molecular flexibility index (Phi) is 13.0. The van der Waals surface area contributed by atoms with Gasteiger partial charge in [0.1, 0.15) is 5.82 Å². The first-order valence-corrected chi connectivity index (χ1v) is 9.66. The highest BCUT2D eigenvalue weighted by molar-refractivity contribution is 14.0. The molecule has 2 rings (SSSR count). The van der Waals surface area contributed by atoms with Gasteiger partial charge in [0.15, 0.2) is 5.96 Å². The fraction of sp³-hybridized carbons (Fsp3) is 0.429. The highest BCUT2D eigenvalue weighted by Crippen LogP contribution is 2.14. The molecule has 4 N–H and O–H groups in total. The van der Waals surface area contributed by atoms with E-state index in [1.54, 1.807) is 6.20 Å². The number of aromatic nitrogens is 1. The highest BCUT2D eigenvalue weighted by atomic mass is 127. The van der Waals surface area contributed by atoms with Crippen LogP contribution in [0.4, 0.5) is 5.82 Å². The van der Waals surface area contributed by atoms with E-state index in [-0.39, 0.29) is 36.5 Å². The minimum absolute atomic E-state index is 0. The van der Waals surface area contributed by atoms with Gasteiger partial charge in [-0.3, -0.25) is 4.99 Å². The number of aliphatic hydroxyl groups is 1. The van der Waals surface area contributed by atoms with Gasteiger partial charge < -0.3 is 21.1 Å². The maximum atomic E-state index is 9.67. The largest absolute Gasteiger partial charge is 0.396 e. The number of hydrogen-bond acceptors (Lipinski definition) is 4. The van der Waals surface area contributed by atoms with E-state index in [0.717, 1.165) is 49.8 Å². The van der Waals surface area contributed by atoms with Gasteiger partial charge in [-0.1, -0.05) is 36.4 Å². The molecule has 6 nitrogen and oxygen atoms in total. The van der Waals surface area contributed by atoms with Crippen molar-refractivity contribution in [2.45, 2.75) is 25.7 Å². The Bertz CT molecular complexity index is 654. The maximum Gasteiger partial charge on any atom is 0.191 e. The fourth-order valence-corrected chi connectivity index (χ4v) is 2.68. The minimum atomic E-state index is 0. The van der Waals surface area contributed by atoms with E-state index in [9.17, 15) is 5.11 Å². The van der Waals surface area contributed by atoms with Crippen molar-refractivity contribution in [3.05, 3.63) is 60.3 Å². The van der Waals surface area contributed by atoms with Crippen LogP contribution in [0, 0.1) is 0 Å². The molecule has 1 aromatic carbocycles. The molecule has 28 heavy (non-hydrogen) atoms. The molecule has 0 radical (unpaired) electrons. The van der Waals surface area contributed by atoms with Crippen molar-refractivity contribution in [3.63, 3.8) is 0 Å². The number of anilines is 1. The number of aliphatic hydroxyl groups excluding tert-OH is 1. The zero-order chi connectivity index (χ0) is 19.2. The Morgan fingerprint density at radius 3 is 2.46 bits per heavy atom. The van der Waals surface area contributed by atoms with Gasteiger partial charge in [0.25, 0.3) is 0 Å². The van der Waals surface area contributed by atoms with Gasteiger partial charge in [0, 0.05) is 31.7 Å². The van der Waals surface area contributed by atoms with E-state index >= 15 is 0 Å². The molecule has 1 aromatic heterocycles. The van der Waals surface area contributed by atoms with E-state index in [1.165, 1.54) is 0 Å². The molecule has 0 fully saturated rings. The molecule has 0 amide bonds. The summed E-state index contributed by atoms with van der Waals surface area (Å²) in [4.78, 5) is 8.88. The molecule has 1 unspecified atom stereocenters. The van der Waals surface area contributed by atoms with Crippen LogP contribution in [0.3, 0.4) is 0 Å². The summed E-state index contributed by atoms with van der Waals surface area (Å²) < 4.78 is 0. The first kappa shape index (κ1) is 24.2. The molecule has 0 aliphatic heterocycles. The van der Waals surface area contributed by atoms with Crippen LogP contribution in [-0.4, -0.2) is 48.8 Å². The van der Waals surface area contributed by atoms with Gasteiger partial charge in [0.2, 0.25) is 0 Å². The van der Waals surface area contributed by atoms with Crippen molar-refractivity contribution >= 4 is 35.8 Å². The second-order valence-corrected chi connectivity index (χ2v) is 6.29. The van der Waals surface area contributed by atoms with Crippen LogP contribution in [0.1, 0.15) is 31.2 Å². The van der Waals surface area contributed by atoms with Crippen LogP contribution < -0.4 is 16.0 Å². The predicted octanol–water partition coefficient (Wildman–Crippen LogP) is 3.22. The maximum absolute atomic E-state index is 9.67. The number of halogens is 1. The Hall–Kier alpha value is -1.87. The van der Waals surface area contributed by atoms with Gasteiger partial charge >= 0.3 is 0 Å². The molecule has 7 heteroatoms. The number of benzene rings is 1. The summed E-state index contributed by atoms with van der Waals surface area (Å²) in [5.74, 6) is 1.73. The Balaban J connectivity index is 0.00000392. The molecule has 1 atom stereocenters. The van der Waals surface area contributed by atoms with Gasteiger partial charge in [-0.2, -0.15) is 0 Å². The Morgan fingerprint density at radius 2 is 1.79 bits per heavy atom. The number of nitrogens with one attached hydrogen (secondary N) is 3. The summed E-state index contributed by atoms with van der Waals surface area (Å²) in [6.07, 6.45) is 3.87. The lowest BCUT2D eigenvalue weighted by Gasteiger charge is -2.15. The van der Waals surface area contributed by atoms with Gasteiger partial charge in [-0.05, 0) is 37.5 Å². The normalized spacial score (nSPS) is 12.0. The lowest BCUT2D eigenvalue weighted by Crippen LogP contribution is -2.38. The topological polar surface area (TPSA) is 81.6 Å². The lowest BCUT2D eigenvalue weighted by molar-refractivity contribution is 0.268. The molecule has 0 bridgehead atoms. The molecule has 0 saturated heterocycles. The number of rotatable bonds is 11. The number of aliphatic imine (C=N–C) groups is 1. The van der Waals surface area contributed by atoms with Crippen LogP contribution in [0.15, 0.2) is 59.7 Å². The second kappa shape index (κ2) is 15.1. The van der Waals surface area contributed by atoms with Crippen LogP contribution in [0.2, 0.25) is 0 Å². The summed E-state index contributed by atoms with van der Waals surface area (Å²) in [6, 6.07) is 15.9. The zero-order valence-electron chi connectivity index (χ0n) is 16.5. The minimum Gasteiger partial charge on any atom is -0.396 e. The summed E-state index contributed by atoms with van der Waals surface area (Å²) in [6.45, 7) is 5.25. The monoisotopic (exact) mass is 497 g/mol. The molecule has 154 valence electrons. The standard InChI is InChI=1S/C21H31N5O.HI/c1-2-22-21(26-16-19(17-27)18-10-4-3-5-11-18)25-15-9-8-14-24-20-12-6-7-13-23-20;/h3-7,10-13,19,27H,2,8-9,14-17H2,1H3,(H,23,24)(H2,22,25,26);1H. The van der Waals surface area contributed by atoms with E-state index in [1.807, 2.05) is 48.5 Å². The SMILES string of the molecule is CCNC(=NCC(CO)c1ccccc1)NCCCCNc1ccccn1.I. The Labute approximate surface area is 185 Å². The van der Waals surface area contributed by atoms with Gasteiger partial charge in [-0.25, -0.2) is 4.98 Å². The quantitative estimate of drug-likeness (QED) is 0.166. The molecular formula is C21H32IN5O. The summed E-state index contributed by atoms with van der Waals surface area (Å²) in [7, 11) is 0. The first-order chi connectivity index (χ1) is 13.3. The van der Waals surface area contributed by atoms with Crippen molar-refractivity contribution in [3.8, 4) is 0 Å². The number of hydrogen-bond donors (Lipinski definition) is 4.